The number of hydrogen-bond donors (Lipinski definition) is 2. The quantitative estimate of drug-likeness (QED) is 0.725. The fraction of sp³-hybridized carbons (Fsp3) is 0.533. The van der Waals surface area contributed by atoms with E-state index in [1.807, 2.05) is 0 Å². The number of carbonyl (C=O) groups excluding carboxylic acids is 1. The van der Waals surface area contributed by atoms with Crippen molar-refractivity contribution in [2.24, 2.45) is 5.92 Å². The summed E-state index contributed by atoms with van der Waals surface area (Å²) in [7, 11) is -0.803. The molecule has 1 aromatic carbocycles. The molecule has 0 spiro atoms. The van der Waals surface area contributed by atoms with Gasteiger partial charge in [-0.2, -0.15) is 0 Å². The molecular weight excluding hydrogens is 272 g/mol. The molecule has 0 radical (unpaired) electrons. The Kier molecular flexibility index (Phi) is 7.30. The van der Waals surface area contributed by atoms with E-state index in [0.29, 0.717) is 30.2 Å². The van der Waals surface area contributed by atoms with Gasteiger partial charge < -0.3 is 11.1 Å². The lowest BCUT2D eigenvalue weighted by Gasteiger charge is -2.06. The van der Waals surface area contributed by atoms with Gasteiger partial charge in [-0.1, -0.05) is 13.8 Å². The van der Waals surface area contributed by atoms with E-state index in [1.54, 1.807) is 24.3 Å². The molecule has 1 unspecified atom stereocenters. The van der Waals surface area contributed by atoms with Gasteiger partial charge in [0.1, 0.15) is 0 Å². The maximum atomic E-state index is 11.7. The number of nitrogens with two attached hydrogens (primary N) is 1. The van der Waals surface area contributed by atoms with Crippen LogP contribution in [-0.2, 0) is 15.6 Å². The number of benzene rings is 1. The van der Waals surface area contributed by atoms with Gasteiger partial charge in [0.05, 0.1) is 0 Å². The molecule has 4 nitrogen and oxygen atoms in total. The first kappa shape index (κ1) is 16.7. The molecule has 0 aliphatic rings. The van der Waals surface area contributed by atoms with Crippen LogP contribution >= 0.6 is 0 Å². The van der Waals surface area contributed by atoms with E-state index in [2.05, 4.69) is 19.2 Å². The second-order valence-electron chi connectivity index (χ2n) is 5.30. The van der Waals surface area contributed by atoms with Crippen LogP contribution in [0, 0.1) is 5.92 Å². The van der Waals surface area contributed by atoms with Gasteiger partial charge in [-0.3, -0.25) is 9.00 Å². The third kappa shape index (κ3) is 7.28. The minimum absolute atomic E-state index is 0.0457. The highest BCUT2D eigenvalue weighted by molar-refractivity contribution is 7.84. The van der Waals surface area contributed by atoms with Gasteiger partial charge in [0.15, 0.2) is 0 Å². The van der Waals surface area contributed by atoms with E-state index in [1.165, 1.54) is 0 Å². The molecule has 112 valence electrons. The van der Waals surface area contributed by atoms with Crippen molar-refractivity contribution in [2.75, 3.05) is 22.6 Å². The third-order valence-electron chi connectivity index (χ3n) is 2.89. The topological polar surface area (TPSA) is 72.2 Å². The Morgan fingerprint density at radius 1 is 1.25 bits per heavy atom. The van der Waals surface area contributed by atoms with Gasteiger partial charge in [0.2, 0.25) is 5.91 Å². The number of hydrogen-bond acceptors (Lipinski definition) is 3. The highest BCUT2D eigenvalue weighted by Gasteiger charge is 2.06. The maximum absolute atomic E-state index is 11.7. The summed E-state index contributed by atoms with van der Waals surface area (Å²) in [5.41, 5.74) is 6.98. The molecule has 0 bridgehead atoms. The molecule has 1 atom stereocenters. The molecule has 0 saturated carbocycles. The maximum Gasteiger partial charge on any atom is 0.224 e. The predicted octanol–water partition coefficient (Wildman–Crippen LogP) is 2.78. The van der Waals surface area contributed by atoms with E-state index < -0.39 is 10.8 Å². The average molecular weight is 296 g/mol. The van der Waals surface area contributed by atoms with Crippen LogP contribution in [0.4, 0.5) is 11.4 Å². The van der Waals surface area contributed by atoms with Crippen LogP contribution in [-0.4, -0.2) is 21.6 Å². The Morgan fingerprint density at radius 2 is 1.90 bits per heavy atom. The van der Waals surface area contributed by atoms with Crippen molar-refractivity contribution in [3.05, 3.63) is 24.3 Å². The van der Waals surface area contributed by atoms with Gasteiger partial charge in [-0.15, -0.1) is 0 Å². The fourth-order valence-electron chi connectivity index (χ4n) is 1.65. The zero-order valence-electron chi connectivity index (χ0n) is 12.2. The molecule has 20 heavy (non-hydrogen) atoms. The van der Waals surface area contributed by atoms with Crippen LogP contribution in [0.2, 0.25) is 0 Å². The van der Waals surface area contributed by atoms with E-state index in [-0.39, 0.29) is 5.91 Å². The van der Waals surface area contributed by atoms with Gasteiger partial charge in [0, 0.05) is 40.1 Å². The second kappa shape index (κ2) is 8.74. The highest BCUT2D eigenvalue weighted by Crippen LogP contribution is 2.11. The first-order chi connectivity index (χ1) is 9.47. The van der Waals surface area contributed by atoms with Crippen LogP contribution < -0.4 is 11.1 Å². The number of nitrogens with one attached hydrogen (secondary N) is 1. The standard InChI is InChI=1S/C15H24N2O2S/c1-12(2)9-11-20(19)10-3-4-15(18)17-14-7-5-13(16)6-8-14/h5-8,12H,3-4,9-11,16H2,1-2H3,(H,17,18). The van der Waals surface area contributed by atoms with Crippen LogP contribution in [0.1, 0.15) is 33.1 Å². The lowest BCUT2D eigenvalue weighted by Crippen LogP contribution is -2.13. The Balaban J connectivity index is 2.20. The van der Waals surface area contributed by atoms with Gasteiger partial charge >= 0.3 is 0 Å². The van der Waals surface area contributed by atoms with E-state index in [4.69, 9.17) is 5.73 Å². The second-order valence-corrected chi connectivity index (χ2v) is 7.00. The number of anilines is 2. The zero-order valence-corrected chi connectivity index (χ0v) is 13.0. The average Bonchev–Trinajstić information content (AvgIpc) is 2.39. The van der Waals surface area contributed by atoms with Crippen LogP contribution in [0.15, 0.2) is 24.3 Å². The first-order valence-corrected chi connectivity index (χ1v) is 8.46. The fourth-order valence-corrected chi connectivity index (χ4v) is 3.06. The third-order valence-corrected chi connectivity index (χ3v) is 4.33. The molecule has 3 N–H and O–H groups in total. The van der Waals surface area contributed by atoms with Gasteiger partial charge in [0.25, 0.3) is 0 Å². The van der Waals surface area contributed by atoms with Crippen molar-refractivity contribution in [1.29, 1.82) is 0 Å². The summed E-state index contributed by atoms with van der Waals surface area (Å²) in [4.78, 5) is 11.7. The van der Waals surface area contributed by atoms with Gasteiger partial charge in [-0.05, 0) is 43.0 Å². The summed E-state index contributed by atoms with van der Waals surface area (Å²) in [5, 5.41) is 2.80. The summed E-state index contributed by atoms with van der Waals surface area (Å²) in [6, 6.07) is 7.04. The SMILES string of the molecule is CC(C)CCS(=O)CCCC(=O)Nc1ccc(N)cc1. The highest BCUT2D eigenvalue weighted by atomic mass is 32.2. The van der Waals surface area contributed by atoms with Crippen molar-refractivity contribution in [3.63, 3.8) is 0 Å². The lowest BCUT2D eigenvalue weighted by molar-refractivity contribution is -0.116. The monoisotopic (exact) mass is 296 g/mol. The summed E-state index contributed by atoms with van der Waals surface area (Å²) < 4.78 is 11.7. The van der Waals surface area contributed by atoms with Crippen molar-refractivity contribution in [1.82, 2.24) is 0 Å². The molecular formula is C15H24N2O2S. The first-order valence-electron chi connectivity index (χ1n) is 6.97. The Bertz CT molecular complexity index is 444. The Hall–Kier alpha value is -1.36. The molecule has 0 aliphatic carbocycles. The smallest absolute Gasteiger partial charge is 0.224 e. The summed E-state index contributed by atoms with van der Waals surface area (Å²) in [6.45, 7) is 4.24. The molecule has 1 rings (SSSR count). The minimum atomic E-state index is -0.803. The molecule has 1 aromatic rings. The van der Waals surface area contributed by atoms with Crippen LogP contribution in [0.5, 0.6) is 0 Å². The molecule has 0 aromatic heterocycles. The van der Waals surface area contributed by atoms with Crippen LogP contribution in [0.3, 0.4) is 0 Å². The molecule has 0 saturated heterocycles. The molecule has 5 heteroatoms. The van der Waals surface area contributed by atoms with Gasteiger partial charge in [-0.25, -0.2) is 0 Å². The van der Waals surface area contributed by atoms with Crippen LogP contribution in [0.25, 0.3) is 0 Å². The summed E-state index contributed by atoms with van der Waals surface area (Å²) >= 11 is 0. The molecule has 0 heterocycles. The number of nitrogen functional groups attached to an aromatic ring is 1. The van der Waals surface area contributed by atoms with E-state index in [0.717, 1.165) is 17.9 Å². The van der Waals surface area contributed by atoms with Crippen molar-refractivity contribution in [3.8, 4) is 0 Å². The predicted molar refractivity (Wildman–Crippen MR) is 86.0 cm³/mol. The zero-order chi connectivity index (χ0) is 15.0. The lowest BCUT2D eigenvalue weighted by atomic mass is 10.2. The molecule has 0 fully saturated rings. The summed E-state index contributed by atoms with van der Waals surface area (Å²) in [6.07, 6.45) is 2.04. The number of carbonyl (C=O) groups is 1. The number of rotatable bonds is 8. The summed E-state index contributed by atoms with van der Waals surface area (Å²) in [5.74, 6) is 1.86. The van der Waals surface area contributed by atoms with E-state index in [9.17, 15) is 9.00 Å². The Labute approximate surface area is 123 Å². The largest absolute Gasteiger partial charge is 0.399 e. The number of amides is 1. The molecule has 0 aliphatic heterocycles. The van der Waals surface area contributed by atoms with Crippen molar-refractivity contribution < 1.29 is 9.00 Å². The minimum Gasteiger partial charge on any atom is -0.399 e. The Morgan fingerprint density at radius 3 is 2.50 bits per heavy atom. The van der Waals surface area contributed by atoms with Crippen molar-refractivity contribution in [2.45, 2.75) is 33.1 Å². The van der Waals surface area contributed by atoms with Crippen molar-refractivity contribution >= 4 is 28.1 Å². The molecule has 1 amide bonds. The normalized spacial score (nSPS) is 12.3. The van der Waals surface area contributed by atoms with E-state index >= 15 is 0 Å².